The number of hydrogen-bond acceptors (Lipinski definition) is 6. The predicted molar refractivity (Wildman–Crippen MR) is 88.2 cm³/mol. The van der Waals surface area contributed by atoms with Crippen LogP contribution in [0.25, 0.3) is 17.7 Å². The van der Waals surface area contributed by atoms with E-state index in [2.05, 4.69) is 30.0 Å². The van der Waals surface area contributed by atoms with E-state index in [1.165, 1.54) is 6.07 Å². The molecule has 0 bridgehead atoms. The molecule has 10 nitrogen and oxygen atoms in total. The van der Waals surface area contributed by atoms with Gasteiger partial charge in [0.2, 0.25) is 5.65 Å². The Balaban J connectivity index is 1.78. The molecule has 130 valence electrons. The molecule has 4 aromatic rings. The highest BCUT2D eigenvalue weighted by atomic mass is 16.3. The first-order valence-electron chi connectivity index (χ1n) is 8.14. The van der Waals surface area contributed by atoms with E-state index in [0.717, 1.165) is 12.8 Å². The van der Waals surface area contributed by atoms with Crippen molar-refractivity contribution in [2.24, 2.45) is 4.99 Å². The number of aromatic hydroxyl groups is 2. The van der Waals surface area contributed by atoms with E-state index in [0.29, 0.717) is 28.0 Å². The van der Waals surface area contributed by atoms with Crippen LogP contribution in [0.4, 0.5) is 0 Å². The Morgan fingerprint density at radius 2 is 2.19 bits per heavy atom. The number of imidazole rings is 1. The molecule has 1 fully saturated rings. The Morgan fingerprint density at radius 3 is 2.88 bits per heavy atom. The van der Waals surface area contributed by atoms with Gasteiger partial charge in [0.1, 0.15) is 0 Å². The molecule has 0 aromatic carbocycles. The summed E-state index contributed by atoms with van der Waals surface area (Å²) in [6.07, 6.45) is 10.7. The Bertz CT molecular complexity index is 1220. The summed E-state index contributed by atoms with van der Waals surface area (Å²) in [5.41, 5.74) is 1.48. The average molecular weight is 351 g/mol. The highest BCUT2D eigenvalue weighted by molar-refractivity contribution is 5.61. The predicted octanol–water partition coefficient (Wildman–Crippen LogP) is -0.921. The van der Waals surface area contributed by atoms with Crippen molar-refractivity contribution in [1.82, 2.24) is 29.5 Å². The molecule has 4 heterocycles. The highest BCUT2D eigenvalue weighted by Gasteiger charge is 2.22. The normalized spacial score (nSPS) is 16.0. The first kappa shape index (κ1) is 14.6. The lowest BCUT2D eigenvalue weighted by Gasteiger charge is -1.94. The number of nitrogens with zero attached hydrogens (tertiary/aromatic N) is 6. The number of aromatic amines is 2. The van der Waals surface area contributed by atoms with Crippen molar-refractivity contribution in [2.75, 3.05) is 0 Å². The fourth-order valence-corrected chi connectivity index (χ4v) is 2.67. The zero-order valence-corrected chi connectivity index (χ0v) is 13.5. The lowest BCUT2D eigenvalue weighted by molar-refractivity contribution is -0.602. The Morgan fingerprint density at radius 1 is 1.31 bits per heavy atom. The molecule has 4 N–H and O–H groups in total. The number of hydrogen-bond donors (Lipinski definition) is 4. The minimum atomic E-state index is -0.126. The van der Waals surface area contributed by atoms with Crippen LogP contribution in [-0.4, -0.2) is 45.8 Å². The van der Waals surface area contributed by atoms with Crippen LogP contribution in [0.5, 0.6) is 11.8 Å². The highest BCUT2D eigenvalue weighted by Crippen LogP contribution is 2.22. The van der Waals surface area contributed by atoms with Gasteiger partial charge in [-0.3, -0.25) is 9.97 Å². The van der Waals surface area contributed by atoms with E-state index in [1.54, 1.807) is 33.9 Å². The molecule has 0 aliphatic heterocycles. The summed E-state index contributed by atoms with van der Waals surface area (Å²) in [7, 11) is 0. The third kappa shape index (κ3) is 2.48. The van der Waals surface area contributed by atoms with Crippen molar-refractivity contribution in [3.05, 3.63) is 47.4 Å². The topological polar surface area (TPSA) is 131 Å². The van der Waals surface area contributed by atoms with Crippen LogP contribution >= 0.6 is 0 Å². The molecule has 1 aliphatic carbocycles. The van der Waals surface area contributed by atoms with E-state index in [9.17, 15) is 10.2 Å². The van der Waals surface area contributed by atoms with Gasteiger partial charge < -0.3 is 10.2 Å². The standard InChI is InChI=1S/C16H14N8O2/c25-12-6-9(14(26)20-12)5-10-7-18-24-13(10)21-15(23-4-3-17-8-23)22-16(24)19-11-1-2-11/h3-8,11H,1-2H2,(H3,18,19,20,21,22,25,26)/p+1. The quantitative estimate of drug-likeness (QED) is 0.355. The van der Waals surface area contributed by atoms with Gasteiger partial charge in [-0.1, -0.05) is 9.97 Å². The summed E-state index contributed by atoms with van der Waals surface area (Å²) >= 11 is 0. The number of rotatable bonds is 3. The van der Waals surface area contributed by atoms with Crippen LogP contribution in [-0.2, 0) is 0 Å². The molecular weight excluding hydrogens is 336 g/mol. The first-order chi connectivity index (χ1) is 12.7. The third-order valence-electron chi connectivity index (χ3n) is 4.11. The monoisotopic (exact) mass is 351 g/mol. The summed E-state index contributed by atoms with van der Waals surface area (Å²) in [6.45, 7) is 0. The van der Waals surface area contributed by atoms with Gasteiger partial charge in [0.15, 0.2) is 18.1 Å². The lowest BCUT2D eigenvalue weighted by atomic mass is 10.2. The minimum absolute atomic E-state index is 0.118. The zero-order valence-electron chi connectivity index (χ0n) is 13.5. The van der Waals surface area contributed by atoms with Crippen molar-refractivity contribution in [3.63, 3.8) is 0 Å². The molecule has 26 heavy (non-hydrogen) atoms. The first-order valence-corrected chi connectivity index (χ1v) is 8.14. The van der Waals surface area contributed by atoms with Crippen molar-refractivity contribution < 1.29 is 14.8 Å². The van der Waals surface area contributed by atoms with E-state index < -0.39 is 0 Å². The van der Waals surface area contributed by atoms with Gasteiger partial charge in [-0.25, -0.2) is 4.99 Å². The van der Waals surface area contributed by atoms with E-state index >= 15 is 0 Å². The SMILES string of the molecule is Oc1cc(C=c2cnn3c(=NC4CC4)nc(-[n+]4cc[nH]c4)nc23)c(O)[nH]1. The molecule has 5 rings (SSSR count). The van der Waals surface area contributed by atoms with Crippen molar-refractivity contribution >= 4 is 11.7 Å². The minimum Gasteiger partial charge on any atom is -0.494 e. The maximum atomic E-state index is 9.86. The van der Waals surface area contributed by atoms with Crippen LogP contribution in [0.2, 0.25) is 0 Å². The second kappa shape index (κ2) is 5.41. The van der Waals surface area contributed by atoms with Crippen molar-refractivity contribution in [2.45, 2.75) is 18.9 Å². The molecule has 4 aromatic heterocycles. The Kier molecular flexibility index (Phi) is 3.05. The van der Waals surface area contributed by atoms with Crippen LogP contribution in [0.1, 0.15) is 18.4 Å². The van der Waals surface area contributed by atoms with Gasteiger partial charge in [0.05, 0.1) is 29.9 Å². The van der Waals surface area contributed by atoms with Crippen molar-refractivity contribution in [1.29, 1.82) is 0 Å². The summed E-state index contributed by atoms with van der Waals surface area (Å²) in [6, 6.07) is 1.71. The number of nitrogens with one attached hydrogen (secondary N) is 2. The fraction of sp³-hybridized carbons (Fsp3) is 0.188. The largest absolute Gasteiger partial charge is 0.494 e. The van der Waals surface area contributed by atoms with Gasteiger partial charge in [0.25, 0.3) is 0 Å². The van der Waals surface area contributed by atoms with Gasteiger partial charge in [-0.15, -0.1) is 0 Å². The molecule has 0 radical (unpaired) electrons. The molecule has 0 spiro atoms. The van der Waals surface area contributed by atoms with Crippen LogP contribution in [0, 0.1) is 0 Å². The summed E-state index contributed by atoms with van der Waals surface area (Å²) < 4.78 is 3.34. The molecule has 0 unspecified atom stereocenters. The van der Waals surface area contributed by atoms with Gasteiger partial charge in [-0.05, 0) is 18.9 Å². The molecule has 10 heteroatoms. The van der Waals surface area contributed by atoms with Crippen LogP contribution < -0.4 is 15.4 Å². The zero-order chi connectivity index (χ0) is 17.7. The second-order valence-electron chi connectivity index (χ2n) is 6.14. The average Bonchev–Trinajstić information content (AvgIpc) is 3.01. The second-order valence-corrected chi connectivity index (χ2v) is 6.14. The summed E-state index contributed by atoms with van der Waals surface area (Å²) in [5, 5.41) is 24.4. The van der Waals surface area contributed by atoms with E-state index in [4.69, 9.17) is 0 Å². The lowest BCUT2D eigenvalue weighted by Crippen LogP contribution is -2.36. The van der Waals surface area contributed by atoms with Gasteiger partial charge >= 0.3 is 11.6 Å². The smallest absolute Gasteiger partial charge is 0.394 e. The van der Waals surface area contributed by atoms with E-state index in [-0.39, 0.29) is 17.8 Å². The molecule has 1 aliphatic rings. The third-order valence-corrected chi connectivity index (χ3v) is 4.11. The molecule has 1 saturated carbocycles. The Labute approximate surface area is 145 Å². The van der Waals surface area contributed by atoms with Crippen LogP contribution in [0.15, 0.2) is 36.0 Å². The maximum absolute atomic E-state index is 9.86. The van der Waals surface area contributed by atoms with Crippen molar-refractivity contribution in [3.8, 4) is 17.7 Å². The number of fused-ring (bicyclic) bond motifs is 1. The molecular formula is C16H15N8O2+. The fourth-order valence-electron chi connectivity index (χ4n) is 2.67. The summed E-state index contributed by atoms with van der Waals surface area (Å²) in [4.78, 5) is 19.1. The summed E-state index contributed by atoms with van der Waals surface area (Å²) in [5.74, 6) is 0.223. The number of aromatic nitrogens is 7. The van der Waals surface area contributed by atoms with Gasteiger partial charge in [-0.2, -0.15) is 14.2 Å². The van der Waals surface area contributed by atoms with Crippen LogP contribution in [0.3, 0.4) is 0 Å². The maximum Gasteiger partial charge on any atom is 0.394 e. The molecule has 0 amide bonds. The number of H-pyrrole nitrogens is 2. The molecule has 0 saturated heterocycles. The molecule has 0 atom stereocenters. The Hall–Kier alpha value is -3.69. The van der Waals surface area contributed by atoms with Gasteiger partial charge in [0, 0.05) is 11.6 Å². The van der Waals surface area contributed by atoms with E-state index in [1.807, 2.05) is 6.20 Å².